The molecule has 134 valence electrons. The maximum absolute atomic E-state index is 12.2. The molecule has 0 fully saturated rings. The third-order valence-electron chi connectivity index (χ3n) is 4.44. The summed E-state index contributed by atoms with van der Waals surface area (Å²) in [4.78, 5) is 23.9. The van der Waals surface area contributed by atoms with Gasteiger partial charge in [0.25, 0.3) is 11.7 Å². The third-order valence-corrected chi connectivity index (χ3v) is 4.76. The van der Waals surface area contributed by atoms with Gasteiger partial charge in [-0.05, 0) is 25.1 Å². The Morgan fingerprint density at radius 1 is 1.15 bits per heavy atom. The van der Waals surface area contributed by atoms with Crippen LogP contribution in [0.3, 0.4) is 0 Å². The van der Waals surface area contributed by atoms with E-state index in [0.717, 1.165) is 16.8 Å². The lowest BCUT2D eigenvalue weighted by molar-refractivity contribution is -0.483. The number of primary amides is 2. The zero-order valence-corrected chi connectivity index (χ0v) is 15.2. The van der Waals surface area contributed by atoms with E-state index in [1.807, 2.05) is 49.4 Å². The van der Waals surface area contributed by atoms with E-state index < -0.39 is 11.8 Å². The smallest absolute Gasteiger partial charge is 0.354 e. The van der Waals surface area contributed by atoms with Crippen molar-refractivity contribution in [1.29, 1.82) is 0 Å². The fraction of sp³-hybridized carbons (Fsp3) is 0.0500. The molecule has 0 saturated heterocycles. The van der Waals surface area contributed by atoms with E-state index in [1.165, 1.54) is 11.4 Å². The Morgan fingerprint density at radius 2 is 1.85 bits per heavy atom. The number of hydrogen-bond acceptors (Lipinski definition) is 3. The number of carbonyl (C=O) groups excluding carboxylic acids is 2. The summed E-state index contributed by atoms with van der Waals surface area (Å²) in [6.07, 6.45) is 1.51. The third kappa shape index (κ3) is 2.95. The summed E-state index contributed by atoms with van der Waals surface area (Å²) >= 11 is 6.39. The molecule has 6 nitrogen and oxygen atoms in total. The molecule has 0 radical (unpaired) electrons. The summed E-state index contributed by atoms with van der Waals surface area (Å²) in [5.41, 5.74) is 9.39. The number of nitrogens with zero attached hydrogens (tertiary/aromatic N) is 2. The molecule has 1 aromatic heterocycles. The number of aromatic nitrogens is 2. The molecule has 3 aromatic rings. The zero-order valence-electron chi connectivity index (χ0n) is 14.4. The van der Waals surface area contributed by atoms with Gasteiger partial charge in [0.15, 0.2) is 0 Å². The van der Waals surface area contributed by atoms with Gasteiger partial charge in [0.05, 0.1) is 22.0 Å². The van der Waals surface area contributed by atoms with Gasteiger partial charge in [0.2, 0.25) is 0 Å². The molecule has 2 amide bonds. The number of aryl methyl sites for hydroxylation is 1. The molecule has 0 spiro atoms. The van der Waals surface area contributed by atoms with Gasteiger partial charge in [-0.3, -0.25) is 4.79 Å². The van der Waals surface area contributed by atoms with Gasteiger partial charge in [0, 0.05) is 5.56 Å². The number of quaternary nitrogens is 1. The van der Waals surface area contributed by atoms with E-state index in [-0.39, 0.29) is 5.57 Å². The molecule has 27 heavy (non-hydrogen) atoms. The molecule has 0 aliphatic carbocycles. The summed E-state index contributed by atoms with van der Waals surface area (Å²) in [5, 5.41) is 6.44. The monoisotopic (exact) mass is 379 g/mol. The maximum Gasteiger partial charge on any atom is 0.354 e. The van der Waals surface area contributed by atoms with Crippen molar-refractivity contribution in [2.24, 2.45) is 5.73 Å². The molecule has 2 heterocycles. The van der Waals surface area contributed by atoms with E-state index in [2.05, 4.69) is 5.10 Å². The normalized spacial score (nSPS) is 13.3. The van der Waals surface area contributed by atoms with Crippen LogP contribution in [0, 0.1) is 6.92 Å². The molecular weight excluding hydrogens is 364 g/mol. The first kappa shape index (κ1) is 17.2. The second-order valence-corrected chi connectivity index (χ2v) is 6.71. The minimum absolute atomic E-state index is 0.0606. The van der Waals surface area contributed by atoms with Crippen molar-refractivity contribution in [1.82, 2.24) is 9.78 Å². The van der Waals surface area contributed by atoms with E-state index in [1.54, 1.807) is 10.7 Å². The number of amides is 2. The zero-order chi connectivity index (χ0) is 19.1. The Hall–Kier alpha value is -3.22. The highest BCUT2D eigenvalue weighted by Crippen LogP contribution is 2.35. The highest BCUT2D eigenvalue weighted by molar-refractivity contribution is 6.32. The summed E-state index contributed by atoms with van der Waals surface area (Å²) in [5.74, 6) is -0.739. The Kier molecular flexibility index (Phi) is 4.14. The molecule has 0 atom stereocenters. The fourth-order valence-electron chi connectivity index (χ4n) is 3.09. The van der Waals surface area contributed by atoms with E-state index >= 15 is 0 Å². The first-order chi connectivity index (χ1) is 13.0. The number of halogens is 1. The van der Waals surface area contributed by atoms with Crippen LogP contribution in [0.25, 0.3) is 23.0 Å². The SMILES string of the molecule is Cc1ccc(-c2c3c(nn2-c2ccccc2Cl)[NH2+]C(=O)C(C(N)=O)=C3)cc1. The van der Waals surface area contributed by atoms with Gasteiger partial charge >= 0.3 is 5.91 Å². The van der Waals surface area contributed by atoms with Gasteiger partial charge in [-0.25, -0.2) is 14.8 Å². The van der Waals surface area contributed by atoms with Crippen molar-refractivity contribution in [3.05, 3.63) is 70.3 Å². The summed E-state index contributed by atoms with van der Waals surface area (Å²) < 4.78 is 1.70. The van der Waals surface area contributed by atoms with Crippen LogP contribution in [-0.4, -0.2) is 21.6 Å². The molecule has 2 aromatic carbocycles. The second-order valence-electron chi connectivity index (χ2n) is 6.31. The quantitative estimate of drug-likeness (QED) is 0.682. The standard InChI is InChI=1S/C20H15ClN4O2/c1-11-6-8-12(9-7-11)17-13-10-14(18(22)26)20(27)23-19(13)24-25(17)16-5-3-2-4-15(16)21/h2-10H,1H3,(H2,22,26)(H,23,24,27)/p+1. The van der Waals surface area contributed by atoms with E-state index in [4.69, 9.17) is 17.3 Å². The van der Waals surface area contributed by atoms with Crippen LogP contribution in [0.5, 0.6) is 0 Å². The van der Waals surface area contributed by atoms with Gasteiger partial charge in [-0.2, -0.15) is 0 Å². The number of benzene rings is 2. The number of nitrogens with two attached hydrogens (primary N) is 2. The highest BCUT2D eigenvalue weighted by atomic mass is 35.5. The fourth-order valence-corrected chi connectivity index (χ4v) is 3.31. The Morgan fingerprint density at radius 3 is 2.52 bits per heavy atom. The number of rotatable bonds is 3. The summed E-state index contributed by atoms with van der Waals surface area (Å²) in [6.45, 7) is 2.00. The van der Waals surface area contributed by atoms with Crippen LogP contribution in [-0.2, 0) is 9.59 Å². The van der Waals surface area contributed by atoms with Crippen molar-refractivity contribution in [3.63, 3.8) is 0 Å². The average molecular weight is 380 g/mol. The second kappa shape index (κ2) is 6.50. The van der Waals surface area contributed by atoms with Crippen molar-refractivity contribution in [3.8, 4) is 16.9 Å². The molecule has 7 heteroatoms. The lowest BCUT2D eigenvalue weighted by Crippen LogP contribution is -2.84. The number of carbonyl (C=O) groups is 2. The predicted molar refractivity (Wildman–Crippen MR) is 103 cm³/mol. The molecular formula is C20H16ClN4O2+. The van der Waals surface area contributed by atoms with E-state index in [9.17, 15) is 9.59 Å². The highest BCUT2D eigenvalue weighted by Gasteiger charge is 2.33. The molecule has 1 aliphatic heterocycles. The van der Waals surface area contributed by atoms with Crippen molar-refractivity contribution in [2.45, 2.75) is 6.92 Å². The maximum atomic E-state index is 12.2. The molecule has 1 aliphatic rings. The molecule has 0 bridgehead atoms. The van der Waals surface area contributed by atoms with Gasteiger partial charge in [-0.15, -0.1) is 5.10 Å². The Labute approximate surface area is 160 Å². The van der Waals surface area contributed by atoms with Crippen LogP contribution in [0.2, 0.25) is 5.02 Å². The van der Waals surface area contributed by atoms with E-state index in [0.29, 0.717) is 22.1 Å². The van der Waals surface area contributed by atoms with Gasteiger partial charge in [-0.1, -0.05) is 53.6 Å². The first-order valence-electron chi connectivity index (χ1n) is 8.31. The average Bonchev–Trinajstić information content (AvgIpc) is 3.00. The molecule has 0 unspecified atom stereocenters. The van der Waals surface area contributed by atoms with Gasteiger partial charge in [0.1, 0.15) is 5.57 Å². The van der Waals surface area contributed by atoms with Crippen LogP contribution in [0.15, 0.2) is 54.1 Å². The number of fused-ring (bicyclic) bond motifs is 1. The largest absolute Gasteiger partial charge is 0.365 e. The van der Waals surface area contributed by atoms with Crippen molar-refractivity contribution < 1.29 is 14.9 Å². The first-order valence-corrected chi connectivity index (χ1v) is 8.69. The van der Waals surface area contributed by atoms with Crippen LogP contribution < -0.4 is 11.1 Å². The Balaban J connectivity index is 2.03. The molecule has 4 N–H and O–H groups in total. The summed E-state index contributed by atoms with van der Waals surface area (Å²) in [6, 6.07) is 15.2. The predicted octanol–water partition coefficient (Wildman–Crippen LogP) is 2.10. The lowest BCUT2D eigenvalue weighted by atomic mass is 10.0. The summed E-state index contributed by atoms with van der Waals surface area (Å²) in [7, 11) is 0. The van der Waals surface area contributed by atoms with Crippen LogP contribution in [0.4, 0.5) is 5.82 Å². The van der Waals surface area contributed by atoms with Crippen molar-refractivity contribution >= 4 is 35.3 Å². The number of hydrogen-bond donors (Lipinski definition) is 2. The lowest BCUT2D eigenvalue weighted by Gasteiger charge is -2.11. The number of para-hydroxylation sites is 1. The van der Waals surface area contributed by atoms with Crippen LogP contribution >= 0.6 is 11.6 Å². The Bertz CT molecular complexity index is 1110. The molecule has 0 saturated carbocycles. The minimum Gasteiger partial charge on any atom is -0.365 e. The van der Waals surface area contributed by atoms with Gasteiger partial charge < -0.3 is 5.73 Å². The van der Waals surface area contributed by atoms with Crippen LogP contribution in [0.1, 0.15) is 11.1 Å². The topological polar surface area (TPSA) is 94.6 Å². The van der Waals surface area contributed by atoms with Crippen molar-refractivity contribution in [2.75, 3.05) is 0 Å². The minimum atomic E-state index is -0.762. The molecule has 4 rings (SSSR count).